The molecular formula is C20H24O8S. The van der Waals surface area contributed by atoms with Crippen LogP contribution in [0.1, 0.15) is 11.1 Å². The van der Waals surface area contributed by atoms with Crippen LogP contribution in [0.3, 0.4) is 0 Å². The molecule has 0 unspecified atom stereocenters. The van der Waals surface area contributed by atoms with Gasteiger partial charge >= 0.3 is 0 Å². The van der Waals surface area contributed by atoms with Crippen molar-refractivity contribution in [3.8, 4) is 0 Å². The third-order valence-corrected chi connectivity index (χ3v) is 5.92. The van der Waals surface area contributed by atoms with Crippen molar-refractivity contribution in [3.63, 3.8) is 0 Å². The summed E-state index contributed by atoms with van der Waals surface area (Å²) in [6.45, 7) is 1.37. The molecule has 0 bridgehead atoms. The maximum Gasteiger partial charge on any atom is 0.297 e. The summed E-state index contributed by atoms with van der Waals surface area (Å²) in [6, 6.07) is 15.2. The molecule has 5 atom stereocenters. The zero-order valence-electron chi connectivity index (χ0n) is 15.8. The molecule has 0 spiro atoms. The van der Waals surface area contributed by atoms with Crippen LogP contribution >= 0.6 is 0 Å². The average Bonchev–Trinajstić information content (AvgIpc) is 2.72. The lowest BCUT2D eigenvalue weighted by Gasteiger charge is -2.40. The number of aliphatic hydroxyl groups excluding tert-OH is 3. The number of hydrogen-bond donors (Lipinski definition) is 3. The first-order valence-corrected chi connectivity index (χ1v) is 10.5. The van der Waals surface area contributed by atoms with Crippen LogP contribution < -0.4 is 0 Å². The standard InChI is InChI=1S/C20H24O8S/c1-13-7-9-15(10-8-13)29(24,25)27-12-16-17(21)18(22)19(23)20(28-16)26-11-14-5-3-2-4-6-14/h2-10,16-23H,11-12H2,1H3/t16-,17-,18+,19-,20+/m1/s1. The summed E-state index contributed by atoms with van der Waals surface area (Å²) < 4.78 is 40.6. The zero-order chi connectivity index (χ0) is 21.0. The first-order chi connectivity index (χ1) is 13.8. The molecule has 1 fully saturated rings. The zero-order valence-corrected chi connectivity index (χ0v) is 16.6. The fraction of sp³-hybridized carbons (Fsp3) is 0.400. The number of ether oxygens (including phenoxy) is 2. The Morgan fingerprint density at radius 2 is 1.59 bits per heavy atom. The topological polar surface area (TPSA) is 123 Å². The van der Waals surface area contributed by atoms with Crippen LogP contribution in [-0.2, 0) is 30.4 Å². The SMILES string of the molecule is Cc1ccc(S(=O)(=O)OC[C@H]2O[C@H](OCc3ccccc3)[C@H](O)[C@@H](O)[C@@H]2O)cc1. The molecule has 1 saturated heterocycles. The Kier molecular flexibility index (Phi) is 7.01. The van der Waals surface area contributed by atoms with Crippen LogP contribution in [0.25, 0.3) is 0 Å². The van der Waals surface area contributed by atoms with Gasteiger partial charge in [-0.25, -0.2) is 0 Å². The average molecular weight is 424 g/mol. The molecule has 9 heteroatoms. The first kappa shape index (κ1) is 21.8. The Morgan fingerprint density at radius 3 is 2.24 bits per heavy atom. The minimum Gasteiger partial charge on any atom is -0.387 e. The number of benzene rings is 2. The summed E-state index contributed by atoms with van der Waals surface area (Å²) in [5.41, 5.74) is 1.71. The molecule has 2 aromatic carbocycles. The molecule has 158 valence electrons. The highest BCUT2D eigenvalue weighted by atomic mass is 32.2. The molecule has 29 heavy (non-hydrogen) atoms. The van der Waals surface area contributed by atoms with E-state index in [1.54, 1.807) is 12.1 Å². The van der Waals surface area contributed by atoms with Crippen LogP contribution in [-0.4, -0.2) is 61.1 Å². The predicted molar refractivity (Wildman–Crippen MR) is 102 cm³/mol. The lowest BCUT2D eigenvalue weighted by atomic mass is 9.99. The van der Waals surface area contributed by atoms with Crippen molar-refractivity contribution in [2.45, 2.75) is 49.1 Å². The Morgan fingerprint density at radius 1 is 0.931 bits per heavy atom. The van der Waals surface area contributed by atoms with Gasteiger partial charge in [-0.15, -0.1) is 0 Å². The minimum atomic E-state index is -4.08. The highest BCUT2D eigenvalue weighted by Gasteiger charge is 2.44. The maximum atomic E-state index is 12.3. The van der Waals surface area contributed by atoms with Gasteiger partial charge in [-0.2, -0.15) is 8.42 Å². The van der Waals surface area contributed by atoms with Gasteiger partial charge in [-0.3, -0.25) is 4.18 Å². The molecule has 0 amide bonds. The van der Waals surface area contributed by atoms with Crippen molar-refractivity contribution in [2.75, 3.05) is 6.61 Å². The molecule has 0 aromatic heterocycles. The van der Waals surface area contributed by atoms with E-state index in [1.165, 1.54) is 12.1 Å². The van der Waals surface area contributed by atoms with Crippen molar-refractivity contribution >= 4 is 10.1 Å². The summed E-state index contributed by atoms with van der Waals surface area (Å²) in [7, 11) is -4.08. The summed E-state index contributed by atoms with van der Waals surface area (Å²) >= 11 is 0. The van der Waals surface area contributed by atoms with Gasteiger partial charge in [-0.1, -0.05) is 48.0 Å². The van der Waals surface area contributed by atoms with Crippen LogP contribution in [0.5, 0.6) is 0 Å². The molecule has 0 radical (unpaired) electrons. The van der Waals surface area contributed by atoms with Crippen molar-refractivity contribution in [1.29, 1.82) is 0 Å². The summed E-state index contributed by atoms with van der Waals surface area (Å²) in [4.78, 5) is -0.0362. The number of hydrogen-bond acceptors (Lipinski definition) is 8. The molecule has 1 heterocycles. The smallest absolute Gasteiger partial charge is 0.297 e. The summed E-state index contributed by atoms with van der Waals surface area (Å²) in [5.74, 6) is 0. The lowest BCUT2D eigenvalue weighted by Crippen LogP contribution is -2.59. The van der Waals surface area contributed by atoms with Gasteiger partial charge in [0.05, 0.1) is 18.1 Å². The van der Waals surface area contributed by atoms with E-state index in [0.29, 0.717) is 0 Å². The van der Waals surface area contributed by atoms with Gasteiger partial charge < -0.3 is 24.8 Å². The van der Waals surface area contributed by atoms with Crippen LogP contribution in [0.15, 0.2) is 59.5 Å². The molecule has 0 aliphatic carbocycles. The number of rotatable bonds is 7. The Balaban J connectivity index is 1.63. The van der Waals surface area contributed by atoms with Gasteiger partial charge in [-0.05, 0) is 24.6 Å². The van der Waals surface area contributed by atoms with E-state index >= 15 is 0 Å². The minimum absolute atomic E-state index is 0.0362. The Bertz CT molecular complexity index is 884. The third kappa shape index (κ3) is 5.40. The number of aliphatic hydroxyl groups is 3. The van der Waals surface area contributed by atoms with Crippen LogP contribution in [0.4, 0.5) is 0 Å². The molecule has 1 aliphatic rings. The first-order valence-electron chi connectivity index (χ1n) is 9.09. The summed E-state index contributed by atoms with van der Waals surface area (Å²) in [5, 5.41) is 30.4. The second kappa shape index (κ2) is 9.31. The van der Waals surface area contributed by atoms with Gasteiger partial charge in [0.15, 0.2) is 6.29 Å². The second-order valence-corrected chi connectivity index (χ2v) is 8.48. The van der Waals surface area contributed by atoms with Gasteiger partial charge in [0, 0.05) is 0 Å². The van der Waals surface area contributed by atoms with E-state index in [2.05, 4.69) is 0 Å². The maximum absolute atomic E-state index is 12.3. The van der Waals surface area contributed by atoms with Crippen molar-refractivity contribution in [1.82, 2.24) is 0 Å². The molecule has 2 aromatic rings. The summed E-state index contributed by atoms with van der Waals surface area (Å²) in [6.07, 6.45) is -7.10. The highest BCUT2D eigenvalue weighted by Crippen LogP contribution is 2.24. The molecule has 1 aliphatic heterocycles. The Hall–Kier alpha value is -1.85. The van der Waals surface area contributed by atoms with E-state index in [4.69, 9.17) is 13.7 Å². The molecule has 3 rings (SSSR count). The number of aryl methyl sites for hydroxylation is 1. The van der Waals surface area contributed by atoms with Crippen LogP contribution in [0, 0.1) is 6.92 Å². The van der Waals surface area contributed by atoms with Gasteiger partial charge in [0.1, 0.15) is 24.4 Å². The second-order valence-electron chi connectivity index (χ2n) is 6.86. The van der Waals surface area contributed by atoms with Gasteiger partial charge in [0.2, 0.25) is 0 Å². The lowest BCUT2D eigenvalue weighted by molar-refractivity contribution is -0.302. The third-order valence-electron chi connectivity index (χ3n) is 4.62. The van der Waals surface area contributed by atoms with E-state index in [-0.39, 0.29) is 11.5 Å². The van der Waals surface area contributed by atoms with E-state index in [0.717, 1.165) is 11.1 Å². The molecule has 3 N–H and O–H groups in total. The monoisotopic (exact) mass is 424 g/mol. The molecule has 0 saturated carbocycles. The fourth-order valence-electron chi connectivity index (χ4n) is 2.87. The normalized spacial score (nSPS) is 27.7. The highest BCUT2D eigenvalue weighted by molar-refractivity contribution is 7.86. The van der Waals surface area contributed by atoms with Crippen LogP contribution in [0.2, 0.25) is 0 Å². The van der Waals surface area contributed by atoms with E-state index < -0.39 is 47.4 Å². The predicted octanol–water partition coefficient (Wildman–Crippen LogP) is 0.725. The van der Waals surface area contributed by atoms with Crippen molar-refractivity contribution < 1.29 is 37.4 Å². The molecule has 8 nitrogen and oxygen atoms in total. The molecular weight excluding hydrogens is 400 g/mol. The van der Waals surface area contributed by atoms with E-state index in [9.17, 15) is 23.7 Å². The van der Waals surface area contributed by atoms with Crippen molar-refractivity contribution in [3.05, 3.63) is 65.7 Å². The largest absolute Gasteiger partial charge is 0.387 e. The quantitative estimate of drug-likeness (QED) is 0.556. The van der Waals surface area contributed by atoms with E-state index in [1.807, 2.05) is 37.3 Å². The Labute approximate surface area is 169 Å². The fourth-order valence-corrected chi connectivity index (χ4v) is 3.79. The van der Waals surface area contributed by atoms with Crippen molar-refractivity contribution in [2.24, 2.45) is 0 Å². The van der Waals surface area contributed by atoms with Gasteiger partial charge in [0.25, 0.3) is 10.1 Å².